The fourth-order valence-electron chi connectivity index (χ4n) is 17.0. The fourth-order valence-corrected chi connectivity index (χ4v) is 17.0. The summed E-state index contributed by atoms with van der Waals surface area (Å²) in [6.07, 6.45) is 9.53. The summed E-state index contributed by atoms with van der Waals surface area (Å²) in [5.74, 6) is 0. The molecule has 85 heavy (non-hydrogen) atoms. The van der Waals surface area contributed by atoms with Crippen LogP contribution >= 0.6 is 0 Å². The molecule has 4 unspecified atom stereocenters. The van der Waals surface area contributed by atoms with Gasteiger partial charge in [0.25, 0.3) is 6.71 Å². The molecule has 0 bridgehead atoms. The molecule has 4 heterocycles. The molecule has 434 valence electrons. The zero-order valence-electron chi connectivity index (χ0n) is 54.1. The third-order valence-electron chi connectivity index (χ3n) is 22.6. The first-order valence-corrected chi connectivity index (χ1v) is 32.4. The molecule has 0 amide bonds. The molecule has 4 nitrogen and oxygen atoms in total. The predicted octanol–water partition coefficient (Wildman–Crippen LogP) is 20.1. The predicted molar refractivity (Wildman–Crippen MR) is 366 cm³/mol. The first-order valence-electron chi connectivity index (χ1n) is 32.4. The molecule has 6 aliphatic rings. The quantitative estimate of drug-likeness (QED) is 0.159. The SMILES string of the molecule is CC(C)(C)c1ccc(N2c3ccc(N4c5ccc(C(C)(C)C)cc5C5(C)CCCCC45C)cc3B3c4cc(C(C)(C)C)ccc4N(c4ccc(C(C)(C)C)cc4)c4cc(N5c6ccc(-c7ccccc7)cc6C6(C)CCCCC56C)cc2c43)cc1. The first kappa shape index (κ1) is 55.9. The van der Waals surface area contributed by atoms with Crippen LogP contribution in [0, 0.1) is 0 Å². The Morgan fingerprint density at radius 1 is 0.329 bits per heavy atom. The number of hydrogen-bond acceptors (Lipinski definition) is 4. The minimum absolute atomic E-state index is 0.000799. The molecule has 0 N–H and O–H groups in total. The number of rotatable bonds is 5. The third-order valence-corrected chi connectivity index (χ3v) is 22.6. The highest BCUT2D eigenvalue weighted by Gasteiger charge is 2.60. The van der Waals surface area contributed by atoms with Gasteiger partial charge in [-0.15, -0.1) is 0 Å². The van der Waals surface area contributed by atoms with Crippen molar-refractivity contribution >= 4 is 80.0 Å². The van der Waals surface area contributed by atoms with E-state index in [1.807, 2.05) is 0 Å². The molecule has 0 aromatic heterocycles. The van der Waals surface area contributed by atoms with Gasteiger partial charge >= 0.3 is 0 Å². The lowest BCUT2D eigenvalue weighted by Crippen LogP contribution is -2.62. The van der Waals surface area contributed by atoms with E-state index in [0.717, 1.165) is 19.3 Å². The van der Waals surface area contributed by atoms with Crippen LogP contribution < -0.4 is 36.0 Å². The molecular formula is C80H91BN4. The first-order chi connectivity index (χ1) is 40.1. The van der Waals surface area contributed by atoms with Crippen molar-refractivity contribution in [2.24, 2.45) is 0 Å². The minimum Gasteiger partial charge on any atom is -0.334 e. The van der Waals surface area contributed by atoms with Crippen molar-refractivity contribution < 1.29 is 0 Å². The Morgan fingerprint density at radius 2 is 0.729 bits per heavy atom. The van der Waals surface area contributed by atoms with Crippen LogP contribution in [0.1, 0.15) is 196 Å². The number of benzene rings is 8. The summed E-state index contributed by atoms with van der Waals surface area (Å²) in [5.41, 5.74) is 27.4. The number of nitrogens with zero attached hydrogens (tertiary/aromatic N) is 4. The van der Waals surface area contributed by atoms with E-state index in [1.165, 1.54) is 150 Å². The average molecular weight is 1120 g/mol. The maximum absolute atomic E-state index is 2.83. The zero-order valence-corrected chi connectivity index (χ0v) is 54.1. The molecule has 14 rings (SSSR count). The summed E-state index contributed by atoms with van der Waals surface area (Å²) in [5, 5.41) is 0. The Balaban J connectivity index is 1.08. The Morgan fingerprint density at radius 3 is 1.24 bits per heavy atom. The lowest BCUT2D eigenvalue weighted by molar-refractivity contribution is 0.195. The van der Waals surface area contributed by atoms with Crippen LogP contribution in [-0.2, 0) is 32.5 Å². The van der Waals surface area contributed by atoms with Gasteiger partial charge in [-0.1, -0.05) is 208 Å². The van der Waals surface area contributed by atoms with Crippen molar-refractivity contribution in [1.29, 1.82) is 0 Å². The Hall–Kier alpha value is -6.98. The van der Waals surface area contributed by atoms with E-state index in [1.54, 1.807) is 0 Å². The van der Waals surface area contributed by atoms with Crippen LogP contribution in [0.5, 0.6) is 0 Å². The van der Waals surface area contributed by atoms with E-state index < -0.39 is 0 Å². The molecule has 8 aromatic rings. The van der Waals surface area contributed by atoms with E-state index in [9.17, 15) is 0 Å². The van der Waals surface area contributed by atoms with Gasteiger partial charge in [0.2, 0.25) is 0 Å². The van der Waals surface area contributed by atoms with Crippen molar-refractivity contribution in [3.63, 3.8) is 0 Å². The summed E-state index contributed by atoms with van der Waals surface area (Å²) in [7, 11) is 0. The summed E-state index contributed by atoms with van der Waals surface area (Å²) in [4.78, 5) is 11.0. The molecule has 4 aliphatic heterocycles. The van der Waals surface area contributed by atoms with Gasteiger partial charge in [0.05, 0.1) is 11.1 Å². The Kier molecular flexibility index (Phi) is 12.3. The van der Waals surface area contributed by atoms with Gasteiger partial charge in [-0.05, 0) is 201 Å². The van der Waals surface area contributed by atoms with Crippen LogP contribution in [0.15, 0.2) is 164 Å². The van der Waals surface area contributed by atoms with Crippen LogP contribution in [0.25, 0.3) is 11.1 Å². The molecule has 2 aliphatic carbocycles. The molecular weight excluding hydrogens is 1030 g/mol. The minimum atomic E-state index is -0.180. The largest absolute Gasteiger partial charge is 0.334 e. The summed E-state index contributed by atoms with van der Waals surface area (Å²) in [6, 6.07) is 65.7. The van der Waals surface area contributed by atoms with E-state index in [0.29, 0.717) is 0 Å². The van der Waals surface area contributed by atoms with Crippen molar-refractivity contribution in [3.8, 4) is 11.1 Å². The summed E-state index contributed by atoms with van der Waals surface area (Å²) in [6.45, 7) is 38.6. The zero-order chi connectivity index (χ0) is 59.8. The number of anilines is 10. The van der Waals surface area contributed by atoms with Crippen molar-refractivity contribution in [2.75, 3.05) is 19.6 Å². The van der Waals surface area contributed by atoms with Gasteiger partial charge in [-0.3, -0.25) is 0 Å². The van der Waals surface area contributed by atoms with Crippen molar-refractivity contribution in [2.45, 2.75) is 206 Å². The van der Waals surface area contributed by atoms with Crippen molar-refractivity contribution in [3.05, 3.63) is 197 Å². The summed E-state index contributed by atoms with van der Waals surface area (Å²) >= 11 is 0. The third kappa shape index (κ3) is 8.27. The van der Waals surface area contributed by atoms with Crippen LogP contribution in [0.4, 0.5) is 56.9 Å². The highest BCUT2D eigenvalue weighted by Crippen LogP contribution is 2.64. The maximum Gasteiger partial charge on any atom is 0.252 e. The Labute approximate surface area is 510 Å². The van der Waals surface area contributed by atoms with Gasteiger partial charge in [-0.2, -0.15) is 0 Å². The van der Waals surface area contributed by atoms with E-state index in [4.69, 9.17) is 0 Å². The lowest BCUT2D eigenvalue weighted by atomic mass is 9.33. The molecule has 0 spiro atoms. The monoisotopic (exact) mass is 1120 g/mol. The second-order valence-electron chi connectivity index (χ2n) is 31.7. The summed E-state index contributed by atoms with van der Waals surface area (Å²) < 4.78 is 0. The molecule has 4 atom stereocenters. The highest BCUT2D eigenvalue weighted by atomic mass is 15.3. The molecule has 8 aromatic carbocycles. The van der Waals surface area contributed by atoms with E-state index in [-0.39, 0.29) is 50.3 Å². The van der Waals surface area contributed by atoms with Gasteiger partial charge in [0.1, 0.15) is 0 Å². The second-order valence-corrected chi connectivity index (χ2v) is 31.7. The van der Waals surface area contributed by atoms with Gasteiger partial charge in [0, 0.05) is 67.7 Å². The fraction of sp³-hybridized carbons (Fsp3) is 0.400. The molecule has 5 heteroatoms. The van der Waals surface area contributed by atoms with Gasteiger partial charge in [0.15, 0.2) is 0 Å². The van der Waals surface area contributed by atoms with Crippen LogP contribution in [0.2, 0.25) is 0 Å². The highest BCUT2D eigenvalue weighted by molar-refractivity contribution is 7.00. The Bertz CT molecular complexity index is 3960. The van der Waals surface area contributed by atoms with E-state index in [2.05, 4.69) is 294 Å². The lowest BCUT2D eigenvalue weighted by Gasteiger charge is -2.51. The smallest absolute Gasteiger partial charge is 0.252 e. The topological polar surface area (TPSA) is 13.0 Å². The number of fused-ring (bicyclic) bond motifs is 10. The molecule has 2 saturated carbocycles. The average Bonchev–Trinajstić information content (AvgIpc) is 1.78. The van der Waals surface area contributed by atoms with E-state index >= 15 is 0 Å². The van der Waals surface area contributed by atoms with Crippen LogP contribution in [-0.4, -0.2) is 17.8 Å². The normalized spacial score (nSPS) is 23.2. The van der Waals surface area contributed by atoms with Crippen molar-refractivity contribution in [1.82, 2.24) is 0 Å². The van der Waals surface area contributed by atoms with Gasteiger partial charge < -0.3 is 19.6 Å². The van der Waals surface area contributed by atoms with Gasteiger partial charge in [-0.25, -0.2) is 0 Å². The molecule has 0 radical (unpaired) electrons. The number of hydrogen-bond donors (Lipinski definition) is 0. The van der Waals surface area contributed by atoms with Crippen LogP contribution in [0.3, 0.4) is 0 Å². The second kappa shape index (κ2) is 18.8. The maximum atomic E-state index is 2.83. The standard InChI is InChI=1S/C80H91BN4/c1-73(2,3)54-27-33-58(34-28-54)82-68-40-32-57(76(10,11)12)48-64(68)81-65-49-60(84-67-39-31-56(75(7,8)9)47-63(67)78(14)43-21-22-44-79(78,84)15)37-41-69(65)83(59-35-29-55(30-36-59)74(4,5)6)71-51-61(50-70(82)72(71)81)85-66-38-26-53(52-24-18-17-19-25-52)46-62(66)77(13)42-20-23-45-80(77,85)16/h17-19,24-41,46-51H,20-23,42-45H2,1-16H3. The molecule has 0 saturated heterocycles. The molecule has 2 fully saturated rings.